The SMILES string of the molecule is CC(C)C(NC1CCOC1)C(=O)O. The number of carbonyl (C=O) groups is 1. The van der Waals surface area contributed by atoms with E-state index < -0.39 is 12.0 Å². The standard InChI is InChI=1S/C9H17NO3/c1-6(2)8(9(11)12)10-7-3-4-13-5-7/h6-8,10H,3-5H2,1-2H3,(H,11,12). The van der Waals surface area contributed by atoms with E-state index in [0.29, 0.717) is 6.61 Å². The molecule has 2 unspecified atom stereocenters. The van der Waals surface area contributed by atoms with Crippen molar-refractivity contribution in [3.63, 3.8) is 0 Å². The first kappa shape index (κ1) is 10.5. The number of aliphatic carboxylic acids is 1. The minimum absolute atomic E-state index is 0.109. The Labute approximate surface area is 78.3 Å². The third kappa shape index (κ3) is 2.97. The number of hydrogen-bond donors (Lipinski definition) is 2. The number of nitrogens with one attached hydrogen (secondary N) is 1. The highest BCUT2D eigenvalue weighted by atomic mass is 16.5. The molecule has 1 fully saturated rings. The van der Waals surface area contributed by atoms with Crippen molar-refractivity contribution in [1.29, 1.82) is 0 Å². The van der Waals surface area contributed by atoms with Gasteiger partial charge in [0.25, 0.3) is 0 Å². The summed E-state index contributed by atoms with van der Waals surface area (Å²) in [7, 11) is 0. The Hall–Kier alpha value is -0.610. The highest BCUT2D eigenvalue weighted by molar-refractivity contribution is 5.73. The summed E-state index contributed by atoms with van der Waals surface area (Å²) in [6, 6.07) is -0.241. The van der Waals surface area contributed by atoms with Gasteiger partial charge in [0.05, 0.1) is 6.61 Å². The van der Waals surface area contributed by atoms with Gasteiger partial charge >= 0.3 is 5.97 Å². The van der Waals surface area contributed by atoms with E-state index in [4.69, 9.17) is 9.84 Å². The number of carboxylic acid groups (broad SMARTS) is 1. The summed E-state index contributed by atoms with van der Waals surface area (Å²) in [4.78, 5) is 10.8. The van der Waals surface area contributed by atoms with E-state index in [9.17, 15) is 4.79 Å². The van der Waals surface area contributed by atoms with E-state index >= 15 is 0 Å². The van der Waals surface area contributed by atoms with E-state index in [0.717, 1.165) is 13.0 Å². The maximum absolute atomic E-state index is 10.8. The fraction of sp³-hybridized carbons (Fsp3) is 0.889. The lowest BCUT2D eigenvalue weighted by molar-refractivity contribution is -0.140. The molecule has 0 aliphatic carbocycles. The molecule has 0 aromatic heterocycles. The van der Waals surface area contributed by atoms with Gasteiger partial charge in [-0.15, -0.1) is 0 Å². The van der Waals surface area contributed by atoms with E-state index in [1.54, 1.807) is 0 Å². The van der Waals surface area contributed by atoms with Gasteiger partial charge in [0.15, 0.2) is 0 Å². The van der Waals surface area contributed by atoms with Gasteiger partial charge in [-0.3, -0.25) is 10.1 Å². The van der Waals surface area contributed by atoms with E-state index in [1.165, 1.54) is 0 Å². The van der Waals surface area contributed by atoms with Crippen LogP contribution in [0.3, 0.4) is 0 Å². The number of ether oxygens (including phenoxy) is 1. The Morgan fingerprint density at radius 3 is 2.69 bits per heavy atom. The van der Waals surface area contributed by atoms with E-state index in [2.05, 4.69) is 5.32 Å². The molecule has 0 radical (unpaired) electrons. The Morgan fingerprint density at radius 1 is 1.62 bits per heavy atom. The van der Waals surface area contributed by atoms with Crippen LogP contribution in [0.4, 0.5) is 0 Å². The normalized spacial score (nSPS) is 25.0. The zero-order chi connectivity index (χ0) is 9.84. The maximum Gasteiger partial charge on any atom is 0.320 e. The molecule has 0 bridgehead atoms. The van der Waals surface area contributed by atoms with Crippen LogP contribution in [0.15, 0.2) is 0 Å². The molecule has 0 aromatic rings. The number of hydrogen-bond acceptors (Lipinski definition) is 3. The molecule has 0 amide bonds. The predicted molar refractivity (Wildman–Crippen MR) is 48.6 cm³/mol. The molecule has 1 aliphatic heterocycles. The first-order valence-corrected chi connectivity index (χ1v) is 4.68. The summed E-state index contributed by atoms with van der Waals surface area (Å²) < 4.78 is 5.16. The zero-order valence-electron chi connectivity index (χ0n) is 8.12. The van der Waals surface area contributed by atoms with Crippen molar-refractivity contribution >= 4 is 5.97 Å². The topological polar surface area (TPSA) is 58.6 Å². The van der Waals surface area contributed by atoms with Crippen LogP contribution >= 0.6 is 0 Å². The fourth-order valence-electron chi connectivity index (χ4n) is 1.47. The smallest absolute Gasteiger partial charge is 0.320 e. The lowest BCUT2D eigenvalue weighted by Gasteiger charge is -2.21. The van der Waals surface area contributed by atoms with Crippen LogP contribution < -0.4 is 5.32 Å². The van der Waals surface area contributed by atoms with Crippen molar-refractivity contribution in [3.8, 4) is 0 Å². The maximum atomic E-state index is 10.8. The molecule has 2 atom stereocenters. The molecule has 13 heavy (non-hydrogen) atoms. The van der Waals surface area contributed by atoms with Crippen LogP contribution in [0.25, 0.3) is 0 Å². The minimum atomic E-state index is -0.776. The first-order valence-electron chi connectivity index (χ1n) is 4.68. The van der Waals surface area contributed by atoms with Crippen molar-refractivity contribution in [2.24, 2.45) is 5.92 Å². The summed E-state index contributed by atoms with van der Waals surface area (Å²) in [5.74, 6) is -0.667. The number of carboxylic acids is 1. The monoisotopic (exact) mass is 187 g/mol. The Bertz CT molecular complexity index is 176. The molecule has 4 nitrogen and oxygen atoms in total. The van der Waals surface area contributed by atoms with Crippen molar-refractivity contribution < 1.29 is 14.6 Å². The quantitative estimate of drug-likeness (QED) is 0.672. The lowest BCUT2D eigenvalue weighted by atomic mass is 10.0. The Kier molecular flexibility index (Phi) is 3.69. The van der Waals surface area contributed by atoms with Gasteiger partial charge in [-0.1, -0.05) is 13.8 Å². The minimum Gasteiger partial charge on any atom is -0.480 e. The van der Waals surface area contributed by atoms with Gasteiger partial charge in [-0.25, -0.2) is 0 Å². The summed E-state index contributed by atoms with van der Waals surface area (Å²) in [5, 5.41) is 12.0. The highest BCUT2D eigenvalue weighted by Gasteiger charge is 2.26. The van der Waals surface area contributed by atoms with Gasteiger partial charge in [0, 0.05) is 12.6 Å². The Morgan fingerprint density at radius 2 is 2.31 bits per heavy atom. The van der Waals surface area contributed by atoms with Crippen molar-refractivity contribution in [3.05, 3.63) is 0 Å². The molecule has 0 spiro atoms. The Balaban J connectivity index is 2.41. The summed E-state index contributed by atoms with van der Waals surface area (Å²) in [6.45, 7) is 5.18. The second-order valence-electron chi connectivity index (χ2n) is 3.79. The van der Waals surface area contributed by atoms with Crippen molar-refractivity contribution in [2.75, 3.05) is 13.2 Å². The molecule has 1 rings (SSSR count). The summed E-state index contributed by atoms with van der Waals surface area (Å²) in [5.41, 5.74) is 0. The first-order chi connectivity index (χ1) is 6.11. The van der Waals surface area contributed by atoms with E-state index in [1.807, 2.05) is 13.8 Å². The third-order valence-electron chi connectivity index (χ3n) is 2.28. The molecule has 1 aliphatic rings. The molecule has 76 valence electrons. The molecule has 1 saturated heterocycles. The average molecular weight is 187 g/mol. The molecule has 4 heteroatoms. The molecular formula is C9H17NO3. The van der Waals surface area contributed by atoms with Crippen molar-refractivity contribution in [1.82, 2.24) is 5.32 Å². The fourth-order valence-corrected chi connectivity index (χ4v) is 1.47. The summed E-state index contributed by atoms with van der Waals surface area (Å²) in [6.07, 6.45) is 0.913. The number of rotatable bonds is 4. The second-order valence-corrected chi connectivity index (χ2v) is 3.79. The van der Waals surface area contributed by atoms with Crippen LogP contribution in [0.1, 0.15) is 20.3 Å². The van der Waals surface area contributed by atoms with Crippen LogP contribution in [0.5, 0.6) is 0 Å². The van der Waals surface area contributed by atoms with Crippen LogP contribution in [0.2, 0.25) is 0 Å². The van der Waals surface area contributed by atoms with Gasteiger partial charge in [-0.05, 0) is 12.3 Å². The average Bonchev–Trinajstić information content (AvgIpc) is 2.50. The van der Waals surface area contributed by atoms with Gasteiger partial charge in [-0.2, -0.15) is 0 Å². The van der Waals surface area contributed by atoms with Gasteiger partial charge in [0.2, 0.25) is 0 Å². The lowest BCUT2D eigenvalue weighted by Crippen LogP contribution is -2.46. The van der Waals surface area contributed by atoms with Crippen LogP contribution in [-0.4, -0.2) is 36.4 Å². The molecule has 0 saturated carbocycles. The zero-order valence-corrected chi connectivity index (χ0v) is 8.12. The predicted octanol–water partition coefficient (Wildman–Crippen LogP) is 0.474. The molecule has 2 N–H and O–H groups in total. The molecular weight excluding hydrogens is 170 g/mol. The van der Waals surface area contributed by atoms with Crippen molar-refractivity contribution in [2.45, 2.75) is 32.4 Å². The van der Waals surface area contributed by atoms with Crippen LogP contribution in [0, 0.1) is 5.92 Å². The van der Waals surface area contributed by atoms with E-state index in [-0.39, 0.29) is 12.0 Å². The van der Waals surface area contributed by atoms with Gasteiger partial charge in [0.1, 0.15) is 6.04 Å². The molecule has 0 aromatic carbocycles. The third-order valence-corrected chi connectivity index (χ3v) is 2.28. The van der Waals surface area contributed by atoms with Gasteiger partial charge < -0.3 is 9.84 Å². The highest BCUT2D eigenvalue weighted by Crippen LogP contribution is 2.08. The largest absolute Gasteiger partial charge is 0.480 e. The molecule has 1 heterocycles. The summed E-state index contributed by atoms with van der Waals surface area (Å²) >= 11 is 0. The van der Waals surface area contributed by atoms with Crippen LogP contribution in [-0.2, 0) is 9.53 Å². The second kappa shape index (κ2) is 4.58.